The van der Waals surface area contributed by atoms with E-state index in [2.05, 4.69) is 40.1 Å². The van der Waals surface area contributed by atoms with Gasteiger partial charge in [0, 0.05) is 29.2 Å². The lowest BCUT2D eigenvalue weighted by Crippen LogP contribution is -2.87. The fourth-order valence-electron chi connectivity index (χ4n) is 6.71. The Balaban J connectivity index is 1.79. The van der Waals surface area contributed by atoms with Gasteiger partial charge in [-0.15, -0.1) is 0 Å². The first-order valence-electron chi connectivity index (χ1n) is 10.3. The first kappa shape index (κ1) is 18.0. The van der Waals surface area contributed by atoms with Crippen molar-refractivity contribution in [2.45, 2.75) is 52.1 Å². The first-order valence-corrected chi connectivity index (χ1v) is 10.3. The second-order valence-corrected chi connectivity index (χ2v) is 9.27. The minimum absolute atomic E-state index is 0.0430. The zero-order valence-electron chi connectivity index (χ0n) is 17.0. The molecule has 5 unspecified atom stereocenters. The summed E-state index contributed by atoms with van der Waals surface area (Å²) in [4.78, 5) is 0. The Bertz CT molecular complexity index is 1000. The number of nitrogens with zero attached hydrogens (tertiary/aromatic N) is 2. The molecule has 0 aromatic heterocycles. The monoisotopic (exact) mass is 382 g/mol. The van der Waals surface area contributed by atoms with Crippen molar-refractivity contribution < 1.29 is 8.78 Å². The normalized spacial score (nSPS) is 40.0. The van der Waals surface area contributed by atoms with E-state index >= 15 is 0 Å². The summed E-state index contributed by atoms with van der Waals surface area (Å²) in [6.07, 6.45) is 6.83. The van der Waals surface area contributed by atoms with E-state index in [1.54, 1.807) is 24.3 Å². The molecule has 28 heavy (non-hydrogen) atoms. The molecule has 5 atom stereocenters. The van der Waals surface area contributed by atoms with Crippen molar-refractivity contribution in [2.75, 3.05) is 6.67 Å². The van der Waals surface area contributed by atoms with Gasteiger partial charge < -0.3 is 0 Å². The Labute approximate surface area is 165 Å². The van der Waals surface area contributed by atoms with Crippen molar-refractivity contribution in [3.63, 3.8) is 0 Å². The number of hydrogen-bond acceptors (Lipinski definition) is 0. The standard InChI is InChI=1S/C24H28F2N2/c1-5-23(3)20-15-18(26)9-12-21(20)28-14-13-27(16-28,22(28)24(23,4)6-2)19-10-7-17(25)8-11-19/h7-15,22H,5-6,16H2,1-4H3/q+2. The number of rotatable bonds is 3. The van der Waals surface area contributed by atoms with Gasteiger partial charge >= 0.3 is 0 Å². The maximum atomic E-state index is 14.3. The third kappa shape index (κ3) is 1.75. The summed E-state index contributed by atoms with van der Waals surface area (Å²) >= 11 is 0. The SMILES string of the molecule is CCC1(C)c2cc(F)ccc2[N+]23C=C[N+](c4ccc(F)cc4)(C2)C3C1(C)CC. The van der Waals surface area contributed by atoms with E-state index in [1.165, 1.54) is 5.69 Å². The molecule has 0 N–H and O–H groups in total. The molecule has 2 aromatic carbocycles. The van der Waals surface area contributed by atoms with Crippen LogP contribution < -0.4 is 8.97 Å². The Morgan fingerprint density at radius 2 is 1.54 bits per heavy atom. The Morgan fingerprint density at radius 1 is 0.893 bits per heavy atom. The highest BCUT2D eigenvalue weighted by atomic mass is 19.1. The molecule has 0 radical (unpaired) electrons. The van der Waals surface area contributed by atoms with Crippen molar-refractivity contribution in [3.8, 4) is 0 Å². The van der Waals surface area contributed by atoms with Crippen molar-refractivity contribution in [2.24, 2.45) is 5.41 Å². The predicted molar refractivity (Wildman–Crippen MR) is 110 cm³/mol. The van der Waals surface area contributed by atoms with Gasteiger partial charge in [0.2, 0.25) is 12.8 Å². The Kier molecular flexibility index (Phi) is 3.42. The van der Waals surface area contributed by atoms with Gasteiger partial charge in [-0.25, -0.2) is 8.78 Å². The Morgan fingerprint density at radius 3 is 2.18 bits per heavy atom. The van der Waals surface area contributed by atoms with E-state index in [4.69, 9.17) is 0 Å². The van der Waals surface area contributed by atoms with Gasteiger partial charge in [-0.05, 0) is 44.0 Å². The molecule has 2 nitrogen and oxygen atoms in total. The van der Waals surface area contributed by atoms with E-state index in [9.17, 15) is 8.78 Å². The first-order chi connectivity index (χ1) is 13.3. The van der Waals surface area contributed by atoms with E-state index in [-0.39, 0.29) is 28.6 Å². The minimum atomic E-state index is -0.201. The van der Waals surface area contributed by atoms with Crippen LogP contribution in [-0.2, 0) is 5.41 Å². The van der Waals surface area contributed by atoms with Gasteiger partial charge in [-0.2, -0.15) is 8.97 Å². The summed E-state index contributed by atoms with van der Waals surface area (Å²) in [7, 11) is 0. The topological polar surface area (TPSA) is 0 Å². The number of halogens is 2. The van der Waals surface area contributed by atoms with E-state index in [1.807, 2.05) is 18.2 Å². The molecule has 4 aliphatic rings. The largest absolute Gasteiger partial charge is 0.250 e. The van der Waals surface area contributed by atoms with Crippen LogP contribution in [-0.4, -0.2) is 12.8 Å². The van der Waals surface area contributed by atoms with Crippen LogP contribution in [0.15, 0.2) is 54.9 Å². The molecule has 6 rings (SSSR count). The lowest BCUT2D eigenvalue weighted by atomic mass is 9.53. The van der Waals surface area contributed by atoms with Crippen LogP contribution in [0.2, 0.25) is 0 Å². The lowest BCUT2D eigenvalue weighted by Gasteiger charge is -2.66. The summed E-state index contributed by atoms with van der Waals surface area (Å²) in [6, 6.07) is 12.4. The molecule has 2 aromatic rings. The highest BCUT2D eigenvalue weighted by Crippen LogP contribution is 2.68. The molecule has 0 aliphatic carbocycles. The third-order valence-corrected chi connectivity index (χ3v) is 8.52. The van der Waals surface area contributed by atoms with E-state index in [0.29, 0.717) is 0 Å². The molecule has 0 amide bonds. The fraction of sp³-hybridized carbons (Fsp3) is 0.417. The highest BCUT2D eigenvalue weighted by molar-refractivity contribution is 5.69. The zero-order chi connectivity index (χ0) is 19.9. The summed E-state index contributed by atoms with van der Waals surface area (Å²) in [5.41, 5.74) is 3.34. The summed E-state index contributed by atoms with van der Waals surface area (Å²) < 4.78 is 29.5. The molecular formula is C24H28F2N2+2. The fourth-order valence-corrected chi connectivity index (χ4v) is 6.71. The molecular weight excluding hydrogens is 354 g/mol. The highest BCUT2D eigenvalue weighted by Gasteiger charge is 2.82. The van der Waals surface area contributed by atoms with E-state index in [0.717, 1.165) is 39.7 Å². The predicted octanol–water partition coefficient (Wildman–Crippen LogP) is 6.16. The maximum Gasteiger partial charge on any atom is 0.250 e. The van der Waals surface area contributed by atoms with Crippen LogP contribution in [0.25, 0.3) is 0 Å². The lowest BCUT2D eigenvalue weighted by molar-refractivity contribution is -0.123. The van der Waals surface area contributed by atoms with Crippen LogP contribution >= 0.6 is 0 Å². The third-order valence-electron chi connectivity index (χ3n) is 8.52. The second kappa shape index (κ2) is 5.31. The van der Waals surface area contributed by atoms with Crippen LogP contribution in [0.3, 0.4) is 0 Å². The molecule has 4 heteroatoms. The van der Waals surface area contributed by atoms with E-state index < -0.39 is 0 Å². The molecule has 1 spiro atoms. The van der Waals surface area contributed by atoms with Gasteiger partial charge in [-0.3, -0.25) is 0 Å². The number of hydrogen-bond donors (Lipinski definition) is 0. The van der Waals surface area contributed by atoms with Gasteiger partial charge in [0.15, 0.2) is 18.1 Å². The smallest absolute Gasteiger partial charge is 0.207 e. The number of benzene rings is 2. The number of fused-ring (bicyclic) bond motifs is 1. The average molecular weight is 382 g/mol. The average Bonchev–Trinajstić information content (AvgIpc) is 3.23. The molecule has 1 saturated heterocycles. The molecule has 0 saturated carbocycles. The molecule has 146 valence electrons. The van der Waals surface area contributed by atoms with Crippen molar-refractivity contribution in [3.05, 3.63) is 72.1 Å². The van der Waals surface area contributed by atoms with Crippen molar-refractivity contribution >= 4 is 11.4 Å². The second-order valence-electron chi connectivity index (χ2n) is 9.27. The van der Waals surface area contributed by atoms with Gasteiger partial charge in [0.05, 0.1) is 5.41 Å². The van der Waals surface area contributed by atoms with Gasteiger partial charge in [-0.1, -0.05) is 20.8 Å². The number of quaternary nitrogens is 2. The maximum absolute atomic E-state index is 14.3. The minimum Gasteiger partial charge on any atom is -0.207 e. The molecule has 4 heterocycles. The van der Waals surface area contributed by atoms with Crippen LogP contribution in [0.1, 0.15) is 46.1 Å². The van der Waals surface area contributed by atoms with Gasteiger partial charge in [0.1, 0.15) is 17.3 Å². The Hall–Kier alpha value is -2.04. The zero-order valence-corrected chi connectivity index (χ0v) is 17.0. The van der Waals surface area contributed by atoms with Crippen molar-refractivity contribution in [1.82, 2.24) is 8.97 Å². The van der Waals surface area contributed by atoms with Crippen molar-refractivity contribution in [1.29, 1.82) is 0 Å². The molecule has 4 aliphatic heterocycles. The van der Waals surface area contributed by atoms with Crippen LogP contribution in [0.4, 0.5) is 20.2 Å². The quantitative estimate of drug-likeness (QED) is 0.558. The molecule has 2 bridgehead atoms. The van der Waals surface area contributed by atoms with Crippen LogP contribution in [0, 0.1) is 17.0 Å². The van der Waals surface area contributed by atoms with Crippen LogP contribution in [0.5, 0.6) is 0 Å². The summed E-state index contributed by atoms with van der Waals surface area (Å²) in [5.74, 6) is -0.357. The molecule has 1 fully saturated rings. The summed E-state index contributed by atoms with van der Waals surface area (Å²) in [6.45, 7) is 10.1. The summed E-state index contributed by atoms with van der Waals surface area (Å²) in [5, 5.41) is 0. The van der Waals surface area contributed by atoms with Gasteiger partial charge in [0.25, 0.3) is 0 Å².